The molecule has 33 heavy (non-hydrogen) atoms. The summed E-state index contributed by atoms with van der Waals surface area (Å²) in [7, 11) is 0. The Morgan fingerprint density at radius 2 is 2.03 bits per heavy atom. The van der Waals surface area contributed by atoms with Gasteiger partial charge in [-0.2, -0.15) is 4.98 Å². The molecule has 7 nitrogen and oxygen atoms in total. The summed E-state index contributed by atoms with van der Waals surface area (Å²) in [5.41, 5.74) is 4.01. The van der Waals surface area contributed by atoms with Crippen molar-refractivity contribution < 1.29 is 9.26 Å². The molecule has 5 rings (SSSR count). The lowest BCUT2D eigenvalue weighted by molar-refractivity contribution is 0.185. The zero-order chi connectivity index (χ0) is 23.1. The molecule has 2 aliphatic heterocycles. The van der Waals surface area contributed by atoms with Crippen molar-refractivity contribution >= 4 is 28.3 Å². The highest BCUT2D eigenvalue weighted by atomic mass is 35.5. The molecule has 8 heteroatoms. The van der Waals surface area contributed by atoms with Crippen LogP contribution in [0.2, 0.25) is 5.02 Å². The summed E-state index contributed by atoms with van der Waals surface area (Å²) in [5.74, 6) is 2.01. The molecule has 0 saturated carbocycles. The standard InChI is InChI=1S/C25H32ClN5O2/c1-5-17-11-20-15(3)22(25-27-16(4)30-33-25)24(29-23(20)21(26)12-17)31-8-6-18(10-14(31)2)28-19-7-9-32-13-19/h11-12,14,18-19,28H,5-10,13H2,1-4H3/t14-,18-,19?/m1/s1. The number of ether oxygens (including phenoxy) is 1. The van der Waals surface area contributed by atoms with Crippen molar-refractivity contribution in [3.63, 3.8) is 0 Å². The van der Waals surface area contributed by atoms with Gasteiger partial charge in [0.15, 0.2) is 5.82 Å². The van der Waals surface area contributed by atoms with Gasteiger partial charge in [0.25, 0.3) is 5.89 Å². The monoisotopic (exact) mass is 469 g/mol. The van der Waals surface area contributed by atoms with Gasteiger partial charge >= 0.3 is 0 Å². The van der Waals surface area contributed by atoms with Crippen LogP contribution in [0.5, 0.6) is 0 Å². The van der Waals surface area contributed by atoms with Crippen LogP contribution in [0.15, 0.2) is 16.7 Å². The molecular weight excluding hydrogens is 438 g/mol. The van der Waals surface area contributed by atoms with Crippen molar-refractivity contribution in [2.75, 3.05) is 24.7 Å². The van der Waals surface area contributed by atoms with Gasteiger partial charge in [-0.1, -0.05) is 23.7 Å². The predicted octanol–water partition coefficient (Wildman–Crippen LogP) is 4.85. The molecule has 1 unspecified atom stereocenters. The van der Waals surface area contributed by atoms with Crippen LogP contribution < -0.4 is 10.2 Å². The summed E-state index contributed by atoms with van der Waals surface area (Å²) in [5, 5.41) is 9.59. The minimum atomic E-state index is 0.305. The van der Waals surface area contributed by atoms with E-state index in [4.69, 9.17) is 25.8 Å². The summed E-state index contributed by atoms with van der Waals surface area (Å²) in [6, 6.07) is 5.47. The van der Waals surface area contributed by atoms with Gasteiger partial charge in [-0.25, -0.2) is 4.98 Å². The Morgan fingerprint density at radius 1 is 1.18 bits per heavy atom. The molecule has 0 amide bonds. The number of hydrogen-bond donors (Lipinski definition) is 1. The molecule has 0 radical (unpaired) electrons. The van der Waals surface area contributed by atoms with Crippen molar-refractivity contribution in [1.29, 1.82) is 0 Å². The van der Waals surface area contributed by atoms with Crippen molar-refractivity contribution in [1.82, 2.24) is 20.4 Å². The third-order valence-corrected chi connectivity index (χ3v) is 7.33. The molecule has 2 aliphatic rings. The summed E-state index contributed by atoms with van der Waals surface area (Å²) in [6.45, 7) is 10.9. The van der Waals surface area contributed by atoms with E-state index in [0.29, 0.717) is 34.9 Å². The van der Waals surface area contributed by atoms with E-state index >= 15 is 0 Å². The highest BCUT2D eigenvalue weighted by Crippen LogP contribution is 2.40. The van der Waals surface area contributed by atoms with Gasteiger partial charge in [-0.05, 0) is 69.7 Å². The number of fused-ring (bicyclic) bond motifs is 1. The number of nitrogens with one attached hydrogen (secondary N) is 1. The molecule has 3 atom stereocenters. The number of pyridine rings is 1. The van der Waals surface area contributed by atoms with Crippen LogP contribution in [-0.2, 0) is 11.2 Å². The van der Waals surface area contributed by atoms with E-state index in [0.717, 1.165) is 73.3 Å². The molecule has 1 aromatic carbocycles. The third-order valence-electron chi connectivity index (χ3n) is 7.04. The Hall–Kier alpha value is -2.22. The first-order chi connectivity index (χ1) is 15.9. The van der Waals surface area contributed by atoms with E-state index in [9.17, 15) is 0 Å². The lowest BCUT2D eigenvalue weighted by atomic mass is 9.95. The molecule has 4 heterocycles. The molecule has 0 spiro atoms. The number of piperidine rings is 1. The quantitative estimate of drug-likeness (QED) is 0.572. The fourth-order valence-electron chi connectivity index (χ4n) is 5.22. The average molecular weight is 470 g/mol. The Labute approximate surface area is 199 Å². The number of rotatable bonds is 5. The zero-order valence-electron chi connectivity index (χ0n) is 19.8. The number of hydrogen-bond acceptors (Lipinski definition) is 7. The molecule has 176 valence electrons. The van der Waals surface area contributed by atoms with E-state index in [1.54, 1.807) is 0 Å². The SMILES string of the molecule is CCc1cc(Cl)c2nc(N3CC[C@@H](NC4CCOC4)C[C@H]3C)c(-c3nc(C)no3)c(C)c2c1. The number of benzene rings is 1. The number of aromatic nitrogens is 3. The fourth-order valence-corrected chi connectivity index (χ4v) is 5.51. The number of halogens is 1. The van der Waals surface area contributed by atoms with Crippen molar-refractivity contribution in [2.45, 2.75) is 71.5 Å². The van der Waals surface area contributed by atoms with E-state index < -0.39 is 0 Å². The average Bonchev–Trinajstić information content (AvgIpc) is 3.46. The van der Waals surface area contributed by atoms with E-state index in [2.05, 4.69) is 47.2 Å². The second-order valence-electron chi connectivity index (χ2n) is 9.40. The molecular formula is C25H32ClN5O2. The first kappa shape index (κ1) is 22.6. The van der Waals surface area contributed by atoms with Crippen LogP contribution in [0.25, 0.3) is 22.4 Å². The molecule has 0 aliphatic carbocycles. The lowest BCUT2D eigenvalue weighted by Crippen LogP contribution is -2.50. The first-order valence-electron chi connectivity index (χ1n) is 12.0. The Kier molecular flexibility index (Phi) is 6.29. The molecule has 2 aromatic heterocycles. The zero-order valence-corrected chi connectivity index (χ0v) is 20.6. The largest absolute Gasteiger partial charge is 0.380 e. The highest BCUT2D eigenvalue weighted by Gasteiger charge is 2.32. The van der Waals surface area contributed by atoms with Gasteiger partial charge in [-0.15, -0.1) is 0 Å². The fraction of sp³-hybridized carbons (Fsp3) is 0.560. The van der Waals surface area contributed by atoms with E-state index in [1.807, 2.05) is 13.0 Å². The molecule has 0 bridgehead atoms. The number of anilines is 1. The Bertz CT molecular complexity index is 1160. The summed E-state index contributed by atoms with van der Waals surface area (Å²) < 4.78 is 11.2. The molecule has 1 N–H and O–H groups in total. The summed E-state index contributed by atoms with van der Waals surface area (Å²) >= 11 is 6.73. The van der Waals surface area contributed by atoms with Gasteiger partial charge < -0.3 is 19.5 Å². The molecule has 2 saturated heterocycles. The Morgan fingerprint density at radius 3 is 2.70 bits per heavy atom. The number of nitrogens with zero attached hydrogens (tertiary/aromatic N) is 4. The minimum absolute atomic E-state index is 0.305. The summed E-state index contributed by atoms with van der Waals surface area (Å²) in [4.78, 5) is 12.1. The second-order valence-corrected chi connectivity index (χ2v) is 9.81. The normalized spacial score (nSPS) is 23.5. The van der Waals surface area contributed by atoms with Gasteiger partial charge in [0.1, 0.15) is 5.82 Å². The van der Waals surface area contributed by atoms with Crippen LogP contribution in [-0.4, -0.2) is 53.0 Å². The molecule has 2 fully saturated rings. The van der Waals surface area contributed by atoms with Crippen LogP contribution in [0, 0.1) is 13.8 Å². The maximum absolute atomic E-state index is 6.73. The van der Waals surface area contributed by atoms with E-state index in [-0.39, 0.29) is 0 Å². The number of aryl methyl sites for hydroxylation is 3. The van der Waals surface area contributed by atoms with Crippen LogP contribution in [0.1, 0.15) is 50.1 Å². The van der Waals surface area contributed by atoms with Gasteiger partial charge in [-0.3, -0.25) is 0 Å². The smallest absolute Gasteiger partial charge is 0.261 e. The minimum Gasteiger partial charge on any atom is -0.380 e. The predicted molar refractivity (Wildman–Crippen MR) is 131 cm³/mol. The summed E-state index contributed by atoms with van der Waals surface area (Å²) in [6.07, 6.45) is 4.10. The van der Waals surface area contributed by atoms with Crippen LogP contribution >= 0.6 is 11.6 Å². The maximum atomic E-state index is 6.73. The molecule has 3 aromatic rings. The highest BCUT2D eigenvalue weighted by molar-refractivity contribution is 6.35. The Balaban J connectivity index is 1.56. The van der Waals surface area contributed by atoms with Gasteiger partial charge in [0.2, 0.25) is 0 Å². The topological polar surface area (TPSA) is 76.3 Å². The maximum Gasteiger partial charge on any atom is 0.261 e. The first-order valence-corrected chi connectivity index (χ1v) is 12.4. The third kappa shape index (κ3) is 4.34. The second kappa shape index (κ2) is 9.20. The van der Waals surface area contributed by atoms with E-state index in [1.165, 1.54) is 5.56 Å². The van der Waals surface area contributed by atoms with Gasteiger partial charge in [0, 0.05) is 36.7 Å². The lowest BCUT2D eigenvalue weighted by Gasteiger charge is -2.40. The van der Waals surface area contributed by atoms with Crippen molar-refractivity contribution in [3.8, 4) is 11.5 Å². The van der Waals surface area contributed by atoms with Crippen LogP contribution in [0.3, 0.4) is 0 Å². The van der Waals surface area contributed by atoms with Crippen molar-refractivity contribution in [2.24, 2.45) is 0 Å². The van der Waals surface area contributed by atoms with Gasteiger partial charge in [0.05, 0.1) is 22.7 Å². The van der Waals surface area contributed by atoms with Crippen molar-refractivity contribution in [3.05, 3.63) is 34.1 Å². The van der Waals surface area contributed by atoms with Crippen LogP contribution in [0.4, 0.5) is 5.82 Å².